The molecule has 270 valence electrons. The number of nitriles is 1. The third-order valence-electron chi connectivity index (χ3n) is 10.2. The Labute approximate surface area is 297 Å². The Kier molecular flexibility index (Phi) is 9.75. The molecule has 6 rings (SSSR count). The Morgan fingerprint density at radius 1 is 0.980 bits per heavy atom. The predicted octanol–water partition coefficient (Wildman–Crippen LogP) is 1.52. The van der Waals surface area contributed by atoms with E-state index in [1.54, 1.807) is 44.7 Å². The number of likely N-dealkylation sites (tertiary alicyclic amines) is 1. The number of aryl methyl sites for hydroxylation is 2. The van der Waals surface area contributed by atoms with Crippen molar-refractivity contribution in [3.63, 3.8) is 0 Å². The fourth-order valence-electron chi connectivity index (χ4n) is 7.64. The van der Waals surface area contributed by atoms with E-state index in [0.29, 0.717) is 42.1 Å². The van der Waals surface area contributed by atoms with Gasteiger partial charge in [-0.1, -0.05) is 17.3 Å². The SMILES string of the molecule is C[C@H](CC1(c2nn[nH]n2)c2ccc(C(=O)NCC(C)(C)O)cc2CCc2cc(C(=O)NCC(C)(C)O)ccc21)NCC(=O)N1[C@H](C#N)C[C@@H]2C[C@@H]21. The molecule has 51 heavy (non-hydrogen) atoms. The lowest BCUT2D eigenvalue weighted by Gasteiger charge is -2.36. The van der Waals surface area contributed by atoms with Crippen LogP contribution in [0.2, 0.25) is 0 Å². The molecule has 0 unspecified atom stereocenters. The van der Waals surface area contributed by atoms with Crippen molar-refractivity contribution in [1.29, 1.82) is 5.26 Å². The minimum absolute atomic E-state index is 0.0607. The molecule has 2 heterocycles. The van der Waals surface area contributed by atoms with E-state index in [4.69, 9.17) is 0 Å². The molecule has 3 aromatic rings. The summed E-state index contributed by atoms with van der Waals surface area (Å²) in [4.78, 5) is 41.6. The zero-order chi connectivity index (χ0) is 36.7. The quantitative estimate of drug-likeness (QED) is 0.161. The Hall–Kier alpha value is -4.71. The maximum Gasteiger partial charge on any atom is 0.251 e. The summed E-state index contributed by atoms with van der Waals surface area (Å²) >= 11 is 0. The summed E-state index contributed by atoms with van der Waals surface area (Å²) in [6.45, 7) is 8.70. The van der Waals surface area contributed by atoms with Crippen LogP contribution in [0, 0.1) is 17.2 Å². The molecule has 1 aromatic heterocycles. The van der Waals surface area contributed by atoms with Gasteiger partial charge >= 0.3 is 0 Å². The summed E-state index contributed by atoms with van der Waals surface area (Å²) in [6.07, 6.45) is 3.14. The van der Waals surface area contributed by atoms with Crippen LogP contribution >= 0.6 is 0 Å². The molecule has 2 fully saturated rings. The van der Waals surface area contributed by atoms with E-state index >= 15 is 0 Å². The Morgan fingerprint density at radius 2 is 1.55 bits per heavy atom. The number of amides is 3. The van der Waals surface area contributed by atoms with E-state index < -0.39 is 22.7 Å². The van der Waals surface area contributed by atoms with Gasteiger partial charge in [0.05, 0.1) is 29.2 Å². The van der Waals surface area contributed by atoms with Crippen molar-refractivity contribution in [2.24, 2.45) is 5.92 Å². The molecule has 1 saturated heterocycles. The van der Waals surface area contributed by atoms with E-state index in [2.05, 4.69) is 42.6 Å². The summed E-state index contributed by atoms with van der Waals surface area (Å²) in [5, 5.41) is 54.7. The van der Waals surface area contributed by atoms with Crippen LogP contribution in [0.3, 0.4) is 0 Å². The maximum absolute atomic E-state index is 13.4. The zero-order valence-corrected chi connectivity index (χ0v) is 29.8. The molecule has 6 N–H and O–H groups in total. The number of H-pyrrole nitrogens is 1. The van der Waals surface area contributed by atoms with Crippen LogP contribution in [0.5, 0.6) is 0 Å². The van der Waals surface area contributed by atoms with Crippen molar-refractivity contribution in [2.45, 2.75) is 101 Å². The number of nitrogens with zero attached hydrogens (tertiary/aromatic N) is 5. The smallest absolute Gasteiger partial charge is 0.251 e. The first-order chi connectivity index (χ1) is 24.1. The largest absolute Gasteiger partial charge is 0.389 e. The van der Waals surface area contributed by atoms with Crippen LogP contribution in [0.25, 0.3) is 0 Å². The van der Waals surface area contributed by atoms with Crippen LogP contribution in [0.1, 0.15) is 103 Å². The second-order valence-corrected chi connectivity index (χ2v) is 15.6. The number of tetrazole rings is 1. The fraction of sp³-hybridized carbons (Fsp3) is 0.541. The van der Waals surface area contributed by atoms with Crippen molar-refractivity contribution in [2.75, 3.05) is 19.6 Å². The molecule has 0 bridgehead atoms. The van der Waals surface area contributed by atoms with Crippen molar-refractivity contribution in [3.8, 4) is 6.07 Å². The number of benzene rings is 2. The summed E-state index contributed by atoms with van der Waals surface area (Å²) in [5.74, 6) is 0.0800. The van der Waals surface area contributed by atoms with Gasteiger partial charge in [0.15, 0.2) is 5.82 Å². The molecular formula is C37H47N9O5. The number of nitrogens with one attached hydrogen (secondary N) is 4. The second kappa shape index (κ2) is 13.8. The number of rotatable bonds is 12. The lowest BCUT2D eigenvalue weighted by atomic mass is 9.67. The van der Waals surface area contributed by atoms with E-state index in [9.17, 15) is 29.9 Å². The van der Waals surface area contributed by atoms with Crippen LogP contribution in [-0.4, -0.2) is 102 Å². The highest BCUT2D eigenvalue weighted by atomic mass is 16.3. The third kappa shape index (κ3) is 7.66. The van der Waals surface area contributed by atoms with Crippen molar-refractivity contribution < 1.29 is 24.6 Å². The molecular weight excluding hydrogens is 650 g/mol. The number of carbonyl (C=O) groups is 3. The fourth-order valence-corrected chi connectivity index (χ4v) is 7.64. The number of aromatic amines is 1. The monoisotopic (exact) mass is 697 g/mol. The average molecular weight is 698 g/mol. The molecule has 3 amide bonds. The van der Waals surface area contributed by atoms with Gasteiger partial charge in [-0.25, -0.2) is 0 Å². The highest BCUT2D eigenvalue weighted by Gasteiger charge is 2.54. The van der Waals surface area contributed by atoms with Gasteiger partial charge in [0.25, 0.3) is 11.8 Å². The van der Waals surface area contributed by atoms with Gasteiger partial charge in [0, 0.05) is 36.3 Å². The second-order valence-electron chi connectivity index (χ2n) is 15.6. The first-order valence-corrected chi connectivity index (χ1v) is 17.6. The lowest BCUT2D eigenvalue weighted by Crippen LogP contribution is -2.46. The number of hydrogen-bond donors (Lipinski definition) is 6. The van der Waals surface area contributed by atoms with E-state index in [1.165, 1.54) is 0 Å². The average Bonchev–Trinajstić information content (AvgIpc) is 3.46. The molecule has 1 aliphatic heterocycles. The molecule has 4 atom stereocenters. The van der Waals surface area contributed by atoms with Gasteiger partial charge < -0.3 is 31.1 Å². The number of fused-ring (bicyclic) bond motifs is 3. The molecule has 2 aromatic carbocycles. The molecule has 3 aliphatic rings. The Balaban J connectivity index is 1.38. The van der Waals surface area contributed by atoms with E-state index in [1.807, 2.05) is 31.2 Å². The van der Waals surface area contributed by atoms with Gasteiger partial charge in [0.2, 0.25) is 5.91 Å². The molecule has 0 radical (unpaired) electrons. The van der Waals surface area contributed by atoms with Gasteiger partial charge in [0.1, 0.15) is 6.04 Å². The molecule has 1 saturated carbocycles. The van der Waals surface area contributed by atoms with Crippen LogP contribution < -0.4 is 16.0 Å². The topological polar surface area (TPSA) is 209 Å². The minimum Gasteiger partial charge on any atom is -0.389 e. The number of aliphatic hydroxyl groups is 2. The third-order valence-corrected chi connectivity index (χ3v) is 10.2. The minimum atomic E-state index is -1.08. The number of carbonyl (C=O) groups excluding carboxylic acids is 3. The Morgan fingerprint density at radius 3 is 2.04 bits per heavy atom. The first-order valence-electron chi connectivity index (χ1n) is 17.6. The van der Waals surface area contributed by atoms with Crippen molar-refractivity contribution >= 4 is 17.7 Å². The van der Waals surface area contributed by atoms with Crippen molar-refractivity contribution in [1.82, 2.24) is 41.5 Å². The van der Waals surface area contributed by atoms with Crippen molar-refractivity contribution in [3.05, 3.63) is 75.6 Å². The van der Waals surface area contributed by atoms with Gasteiger partial charge in [-0.2, -0.15) is 10.5 Å². The number of hydrogen-bond acceptors (Lipinski definition) is 10. The number of piperidine rings is 1. The van der Waals surface area contributed by atoms with E-state index in [0.717, 1.165) is 35.1 Å². The van der Waals surface area contributed by atoms with Crippen LogP contribution in [0.4, 0.5) is 0 Å². The highest BCUT2D eigenvalue weighted by Crippen LogP contribution is 2.48. The van der Waals surface area contributed by atoms with Crippen LogP contribution in [0.15, 0.2) is 36.4 Å². The normalized spacial score (nSPS) is 21.0. The summed E-state index contributed by atoms with van der Waals surface area (Å²) in [7, 11) is 0. The molecule has 2 aliphatic carbocycles. The van der Waals surface area contributed by atoms with Gasteiger partial charge in [-0.15, -0.1) is 10.2 Å². The van der Waals surface area contributed by atoms with Crippen LogP contribution in [-0.2, 0) is 23.1 Å². The summed E-state index contributed by atoms with van der Waals surface area (Å²) < 4.78 is 0. The molecule has 14 nitrogen and oxygen atoms in total. The van der Waals surface area contributed by atoms with E-state index in [-0.39, 0.29) is 49.4 Å². The molecule has 14 heteroatoms. The Bertz CT molecular complexity index is 1760. The maximum atomic E-state index is 13.4. The zero-order valence-electron chi connectivity index (χ0n) is 29.8. The number of aromatic nitrogens is 4. The predicted molar refractivity (Wildman–Crippen MR) is 186 cm³/mol. The molecule has 0 spiro atoms. The highest BCUT2D eigenvalue weighted by molar-refractivity contribution is 5.95. The van der Waals surface area contributed by atoms with Gasteiger partial charge in [-0.3, -0.25) is 14.4 Å². The standard InChI is InChI=1S/C37H47N9O5/c1-21(39-18-31(47)46-27(17-38)14-26-15-30(26)46)16-37(34-42-44-45-43-34)28-10-8-24(32(48)40-19-35(2,3)50)12-22(28)6-7-23-13-25(9-11-29(23)37)33(49)41-20-36(4,5)51/h8-13,21,26-27,30,39,50-51H,6-7,14-16,18-20H2,1-5H3,(H,40,48)(H,41,49)(H,42,43,44,45)/t21-,26-,27+,30+/m1/s1. The lowest BCUT2D eigenvalue weighted by molar-refractivity contribution is -0.131. The summed E-state index contributed by atoms with van der Waals surface area (Å²) in [5.41, 5.74) is 1.20. The van der Waals surface area contributed by atoms with Gasteiger partial charge in [-0.05, 0) is 119 Å². The first kappa shape index (κ1) is 36.1. The summed E-state index contributed by atoms with van der Waals surface area (Å²) in [6, 6.07) is 12.8.